The summed E-state index contributed by atoms with van der Waals surface area (Å²) in [6, 6.07) is 12.3. The standard InChI is InChI=1S/C20H19ClN2O4S/c1-13(23-19(25)14-6-2-5-9-17(14)28(23,26)27)18(24)22-12-20(10-11-20)15-7-3-4-8-16(15)21/h2-9,13H,10-12H2,1H3,(H,22,24)/t13-/m0/s1. The van der Waals surface area contributed by atoms with E-state index in [0.29, 0.717) is 15.9 Å². The molecule has 1 heterocycles. The van der Waals surface area contributed by atoms with Crippen molar-refractivity contribution >= 4 is 33.4 Å². The summed E-state index contributed by atoms with van der Waals surface area (Å²) in [4.78, 5) is 25.2. The number of hydrogen-bond donors (Lipinski definition) is 1. The number of carbonyl (C=O) groups excluding carboxylic acids is 2. The van der Waals surface area contributed by atoms with E-state index in [1.54, 1.807) is 12.1 Å². The van der Waals surface area contributed by atoms with E-state index in [0.717, 1.165) is 18.4 Å². The molecule has 1 fully saturated rings. The normalized spacial score (nSPS) is 19.8. The van der Waals surface area contributed by atoms with Gasteiger partial charge in [0.25, 0.3) is 15.9 Å². The number of nitrogens with one attached hydrogen (secondary N) is 1. The van der Waals surface area contributed by atoms with Gasteiger partial charge in [-0.1, -0.05) is 41.9 Å². The van der Waals surface area contributed by atoms with Crippen molar-refractivity contribution < 1.29 is 18.0 Å². The minimum atomic E-state index is -4.04. The average Bonchev–Trinajstić information content (AvgIpc) is 3.43. The second kappa shape index (κ2) is 6.60. The van der Waals surface area contributed by atoms with E-state index in [1.807, 2.05) is 24.3 Å². The number of halogens is 1. The van der Waals surface area contributed by atoms with Gasteiger partial charge in [-0.3, -0.25) is 9.59 Å². The fourth-order valence-corrected chi connectivity index (χ4v) is 5.74. The summed E-state index contributed by atoms with van der Waals surface area (Å²) in [6.07, 6.45) is 1.77. The number of hydrogen-bond acceptors (Lipinski definition) is 4. The number of fused-ring (bicyclic) bond motifs is 1. The lowest BCUT2D eigenvalue weighted by atomic mass is 9.96. The Bertz CT molecular complexity index is 1080. The molecular weight excluding hydrogens is 400 g/mol. The van der Waals surface area contributed by atoms with Crippen LogP contribution in [0.5, 0.6) is 0 Å². The molecule has 1 aliphatic carbocycles. The van der Waals surface area contributed by atoms with E-state index < -0.39 is 27.9 Å². The second-order valence-corrected chi connectivity index (χ2v) is 9.45. The molecular formula is C20H19ClN2O4S. The van der Waals surface area contributed by atoms with Gasteiger partial charge in [0.2, 0.25) is 5.91 Å². The maximum atomic E-state index is 12.7. The molecule has 2 aliphatic rings. The third kappa shape index (κ3) is 2.89. The van der Waals surface area contributed by atoms with Gasteiger partial charge in [0.1, 0.15) is 10.9 Å². The van der Waals surface area contributed by atoms with Crippen LogP contribution in [0.3, 0.4) is 0 Å². The van der Waals surface area contributed by atoms with E-state index >= 15 is 0 Å². The van der Waals surface area contributed by atoms with Crippen molar-refractivity contribution in [3.05, 3.63) is 64.7 Å². The van der Waals surface area contributed by atoms with Crippen LogP contribution in [0, 0.1) is 0 Å². The zero-order valence-corrected chi connectivity index (χ0v) is 16.8. The van der Waals surface area contributed by atoms with Crippen LogP contribution in [0.25, 0.3) is 0 Å². The maximum Gasteiger partial charge on any atom is 0.269 e. The van der Waals surface area contributed by atoms with E-state index in [4.69, 9.17) is 11.6 Å². The van der Waals surface area contributed by atoms with Crippen LogP contribution in [0.2, 0.25) is 5.02 Å². The molecule has 28 heavy (non-hydrogen) atoms. The van der Waals surface area contributed by atoms with Crippen molar-refractivity contribution in [2.24, 2.45) is 0 Å². The van der Waals surface area contributed by atoms with Crippen molar-refractivity contribution in [1.29, 1.82) is 0 Å². The number of benzene rings is 2. The van der Waals surface area contributed by atoms with Crippen LogP contribution in [-0.4, -0.2) is 37.1 Å². The first-order valence-corrected chi connectivity index (χ1v) is 10.8. The third-order valence-electron chi connectivity index (χ3n) is 5.49. The summed E-state index contributed by atoms with van der Waals surface area (Å²) in [5.74, 6) is -1.19. The molecule has 2 aromatic rings. The smallest absolute Gasteiger partial charge is 0.269 e. The monoisotopic (exact) mass is 418 g/mol. The number of carbonyl (C=O) groups is 2. The molecule has 6 nitrogen and oxygen atoms in total. The summed E-state index contributed by atoms with van der Waals surface area (Å²) in [5.41, 5.74) is 0.837. The Morgan fingerprint density at radius 1 is 1.18 bits per heavy atom. The molecule has 0 spiro atoms. The summed E-state index contributed by atoms with van der Waals surface area (Å²) >= 11 is 6.29. The Morgan fingerprint density at radius 2 is 1.82 bits per heavy atom. The molecule has 1 atom stereocenters. The highest BCUT2D eigenvalue weighted by Gasteiger charge is 2.48. The van der Waals surface area contributed by atoms with Crippen LogP contribution in [0.15, 0.2) is 53.4 Å². The molecule has 1 saturated carbocycles. The Kier molecular flexibility index (Phi) is 4.47. The fourth-order valence-electron chi connectivity index (χ4n) is 3.68. The van der Waals surface area contributed by atoms with Crippen molar-refractivity contribution in [2.75, 3.05) is 6.54 Å². The van der Waals surface area contributed by atoms with Crippen molar-refractivity contribution in [3.8, 4) is 0 Å². The molecule has 1 aliphatic heterocycles. The molecule has 2 amide bonds. The first kappa shape index (κ1) is 19.0. The summed E-state index contributed by atoms with van der Waals surface area (Å²) in [5, 5.41) is 3.47. The van der Waals surface area contributed by atoms with Crippen LogP contribution in [0.4, 0.5) is 0 Å². The molecule has 0 aromatic heterocycles. The van der Waals surface area contributed by atoms with Gasteiger partial charge in [-0.2, -0.15) is 0 Å². The lowest BCUT2D eigenvalue weighted by Crippen LogP contribution is -2.49. The molecule has 0 unspecified atom stereocenters. The topological polar surface area (TPSA) is 83.6 Å². The van der Waals surface area contributed by atoms with E-state index in [9.17, 15) is 18.0 Å². The van der Waals surface area contributed by atoms with Gasteiger partial charge in [0.15, 0.2) is 0 Å². The Balaban J connectivity index is 1.51. The van der Waals surface area contributed by atoms with Gasteiger partial charge in [-0.05, 0) is 43.5 Å². The Morgan fingerprint density at radius 3 is 2.46 bits per heavy atom. The van der Waals surface area contributed by atoms with Gasteiger partial charge in [0.05, 0.1) is 5.56 Å². The van der Waals surface area contributed by atoms with Crippen LogP contribution in [-0.2, 0) is 20.2 Å². The minimum absolute atomic E-state index is 0.0608. The molecule has 1 N–H and O–H groups in total. The zero-order chi connectivity index (χ0) is 20.1. The molecule has 8 heteroatoms. The van der Waals surface area contributed by atoms with Crippen molar-refractivity contribution in [1.82, 2.24) is 9.62 Å². The van der Waals surface area contributed by atoms with Gasteiger partial charge < -0.3 is 5.32 Å². The molecule has 0 radical (unpaired) electrons. The van der Waals surface area contributed by atoms with E-state index in [2.05, 4.69) is 5.32 Å². The fraction of sp³-hybridized carbons (Fsp3) is 0.300. The molecule has 0 saturated heterocycles. The lowest BCUT2D eigenvalue weighted by Gasteiger charge is -2.24. The molecule has 146 valence electrons. The zero-order valence-electron chi connectivity index (χ0n) is 15.2. The predicted molar refractivity (Wildman–Crippen MR) is 105 cm³/mol. The van der Waals surface area contributed by atoms with E-state index in [1.165, 1.54) is 19.1 Å². The predicted octanol–water partition coefficient (Wildman–Crippen LogP) is 2.72. The Labute approximate surface area is 168 Å². The van der Waals surface area contributed by atoms with Crippen LogP contribution in [0.1, 0.15) is 35.7 Å². The van der Waals surface area contributed by atoms with E-state index in [-0.39, 0.29) is 15.9 Å². The average molecular weight is 419 g/mol. The largest absolute Gasteiger partial charge is 0.353 e. The van der Waals surface area contributed by atoms with Gasteiger partial charge in [-0.15, -0.1) is 0 Å². The number of sulfonamides is 1. The van der Waals surface area contributed by atoms with Gasteiger partial charge >= 0.3 is 0 Å². The number of amides is 2. The highest BCUT2D eigenvalue weighted by molar-refractivity contribution is 7.90. The molecule has 4 rings (SSSR count). The van der Waals surface area contributed by atoms with Crippen molar-refractivity contribution in [3.63, 3.8) is 0 Å². The number of rotatable bonds is 5. The third-order valence-corrected chi connectivity index (χ3v) is 7.73. The highest BCUT2D eigenvalue weighted by atomic mass is 35.5. The minimum Gasteiger partial charge on any atom is -0.353 e. The highest BCUT2D eigenvalue weighted by Crippen LogP contribution is 2.49. The van der Waals surface area contributed by atoms with Crippen LogP contribution >= 0.6 is 11.6 Å². The summed E-state index contributed by atoms with van der Waals surface area (Å²) in [7, 11) is -4.04. The quantitative estimate of drug-likeness (QED) is 0.809. The SMILES string of the molecule is C[C@@H](C(=O)NCC1(c2ccccc2Cl)CC1)N1C(=O)c2ccccc2S1(=O)=O. The van der Waals surface area contributed by atoms with Gasteiger partial charge in [0, 0.05) is 17.0 Å². The summed E-state index contributed by atoms with van der Waals surface area (Å²) < 4.78 is 26.1. The lowest BCUT2D eigenvalue weighted by molar-refractivity contribution is -0.124. The first-order valence-electron chi connectivity index (χ1n) is 8.98. The van der Waals surface area contributed by atoms with Gasteiger partial charge in [-0.25, -0.2) is 12.7 Å². The van der Waals surface area contributed by atoms with Crippen LogP contribution < -0.4 is 5.32 Å². The second-order valence-electron chi connectivity index (χ2n) is 7.26. The summed E-state index contributed by atoms with van der Waals surface area (Å²) in [6.45, 7) is 1.76. The molecule has 0 bridgehead atoms. The maximum absolute atomic E-state index is 12.7. The van der Waals surface area contributed by atoms with Crippen molar-refractivity contribution in [2.45, 2.75) is 36.1 Å². The number of nitrogens with zero attached hydrogens (tertiary/aromatic N) is 1. The first-order chi connectivity index (χ1) is 13.3. The molecule has 2 aromatic carbocycles. The Hall–Kier alpha value is -2.38.